The number of carbonyl (C=O) groups is 1. The maximum absolute atomic E-state index is 11.1. The number of rotatable bonds is 2. The third-order valence-corrected chi connectivity index (χ3v) is 3.04. The molecular formula is C13H17NO2. The van der Waals surface area contributed by atoms with Gasteiger partial charge in [-0.1, -0.05) is 6.07 Å². The maximum atomic E-state index is 11.1. The normalized spacial score (nSPS) is 18.8. The number of fused-ring (bicyclic) bond motifs is 1. The first-order valence-corrected chi connectivity index (χ1v) is 5.64. The Balaban J connectivity index is 2.31. The molecule has 0 spiro atoms. The molecule has 1 atom stereocenters. The van der Waals surface area contributed by atoms with Crippen molar-refractivity contribution < 1.29 is 9.53 Å². The molecule has 16 heavy (non-hydrogen) atoms. The average Bonchev–Trinajstić information content (AvgIpc) is 2.28. The lowest BCUT2D eigenvalue weighted by Crippen LogP contribution is -2.28. The molecule has 3 heteroatoms. The zero-order valence-corrected chi connectivity index (χ0v) is 9.75. The molecule has 0 bridgehead atoms. The van der Waals surface area contributed by atoms with Gasteiger partial charge in [0.1, 0.15) is 5.75 Å². The van der Waals surface area contributed by atoms with E-state index >= 15 is 0 Å². The molecule has 1 amide bonds. The first-order valence-electron chi connectivity index (χ1n) is 5.64. The summed E-state index contributed by atoms with van der Waals surface area (Å²) in [6.45, 7) is 1.56. The summed E-state index contributed by atoms with van der Waals surface area (Å²) in [7, 11) is 1.66. The second kappa shape index (κ2) is 4.56. The number of hydrogen-bond donors (Lipinski definition) is 1. The Morgan fingerprint density at radius 3 is 3.00 bits per heavy atom. The molecule has 1 N–H and O–H groups in total. The van der Waals surface area contributed by atoms with Crippen LogP contribution in [0.3, 0.4) is 0 Å². The number of hydrogen-bond acceptors (Lipinski definition) is 2. The van der Waals surface area contributed by atoms with E-state index in [2.05, 4.69) is 11.4 Å². The van der Waals surface area contributed by atoms with Crippen molar-refractivity contribution in [1.29, 1.82) is 0 Å². The monoisotopic (exact) mass is 219 g/mol. The van der Waals surface area contributed by atoms with Crippen LogP contribution in [0.1, 0.15) is 36.9 Å². The predicted octanol–water partition coefficient (Wildman–Crippen LogP) is 2.21. The van der Waals surface area contributed by atoms with Gasteiger partial charge in [-0.05, 0) is 42.5 Å². The lowest BCUT2D eigenvalue weighted by Gasteiger charge is -2.26. The molecule has 1 aromatic rings. The van der Waals surface area contributed by atoms with E-state index < -0.39 is 0 Å². The molecule has 0 aromatic heterocycles. The van der Waals surface area contributed by atoms with Gasteiger partial charge >= 0.3 is 0 Å². The number of carbonyl (C=O) groups excluding carboxylic acids is 1. The van der Waals surface area contributed by atoms with Crippen molar-refractivity contribution in [1.82, 2.24) is 5.32 Å². The smallest absolute Gasteiger partial charge is 0.217 e. The van der Waals surface area contributed by atoms with Crippen LogP contribution < -0.4 is 10.1 Å². The van der Waals surface area contributed by atoms with Gasteiger partial charge < -0.3 is 10.1 Å². The summed E-state index contributed by atoms with van der Waals surface area (Å²) in [6.07, 6.45) is 3.24. The van der Waals surface area contributed by atoms with Crippen LogP contribution in [0.25, 0.3) is 0 Å². The highest BCUT2D eigenvalue weighted by molar-refractivity contribution is 5.73. The Hall–Kier alpha value is -1.51. The van der Waals surface area contributed by atoms with Crippen molar-refractivity contribution in [2.75, 3.05) is 7.11 Å². The van der Waals surface area contributed by atoms with Crippen LogP contribution in [-0.2, 0) is 11.2 Å². The molecule has 2 rings (SSSR count). The Bertz CT molecular complexity index is 401. The minimum atomic E-state index is 0.0284. The van der Waals surface area contributed by atoms with E-state index in [0.717, 1.165) is 25.0 Å². The van der Waals surface area contributed by atoms with Gasteiger partial charge in [0.2, 0.25) is 5.91 Å². The summed E-state index contributed by atoms with van der Waals surface area (Å²) in [4.78, 5) is 11.1. The average molecular weight is 219 g/mol. The molecule has 0 radical (unpaired) electrons. The predicted molar refractivity (Wildman–Crippen MR) is 62.5 cm³/mol. The van der Waals surface area contributed by atoms with Crippen LogP contribution in [0.2, 0.25) is 0 Å². The van der Waals surface area contributed by atoms with Crippen LogP contribution in [0.5, 0.6) is 5.75 Å². The maximum Gasteiger partial charge on any atom is 0.217 e. The van der Waals surface area contributed by atoms with Gasteiger partial charge in [-0.25, -0.2) is 0 Å². The van der Waals surface area contributed by atoms with E-state index in [0.29, 0.717) is 0 Å². The van der Waals surface area contributed by atoms with E-state index in [1.165, 1.54) is 11.1 Å². The number of methoxy groups -OCH3 is 1. The molecule has 1 aromatic carbocycles. The number of benzene rings is 1. The molecule has 1 aliphatic rings. The Kier molecular flexibility index (Phi) is 3.13. The minimum Gasteiger partial charge on any atom is -0.497 e. The Morgan fingerprint density at radius 2 is 2.31 bits per heavy atom. The van der Waals surface area contributed by atoms with Crippen LogP contribution in [0, 0.1) is 0 Å². The van der Waals surface area contributed by atoms with Crippen molar-refractivity contribution >= 4 is 5.91 Å². The number of ether oxygens (including phenoxy) is 1. The van der Waals surface area contributed by atoms with E-state index in [1.54, 1.807) is 14.0 Å². The fraction of sp³-hybridized carbons (Fsp3) is 0.462. The molecule has 1 aliphatic carbocycles. The highest BCUT2D eigenvalue weighted by atomic mass is 16.5. The Labute approximate surface area is 95.8 Å². The Morgan fingerprint density at radius 1 is 1.50 bits per heavy atom. The highest BCUT2D eigenvalue weighted by Gasteiger charge is 2.21. The van der Waals surface area contributed by atoms with Crippen molar-refractivity contribution in [2.45, 2.75) is 32.2 Å². The molecule has 0 saturated heterocycles. The lowest BCUT2D eigenvalue weighted by molar-refractivity contribution is -0.119. The fourth-order valence-electron chi connectivity index (χ4n) is 2.30. The van der Waals surface area contributed by atoms with Gasteiger partial charge in [0.15, 0.2) is 0 Å². The highest BCUT2D eigenvalue weighted by Crippen LogP contribution is 2.32. The van der Waals surface area contributed by atoms with Gasteiger partial charge in [0.05, 0.1) is 13.2 Å². The quantitative estimate of drug-likeness (QED) is 0.828. The number of nitrogens with one attached hydrogen (secondary N) is 1. The van der Waals surface area contributed by atoms with Crippen LogP contribution in [0.4, 0.5) is 0 Å². The summed E-state index contributed by atoms with van der Waals surface area (Å²) in [5.41, 5.74) is 2.53. The second-order valence-corrected chi connectivity index (χ2v) is 4.21. The van der Waals surface area contributed by atoms with Crippen molar-refractivity contribution in [3.8, 4) is 5.75 Å². The van der Waals surface area contributed by atoms with Crippen molar-refractivity contribution in [3.05, 3.63) is 29.3 Å². The van der Waals surface area contributed by atoms with Gasteiger partial charge in [-0.2, -0.15) is 0 Å². The van der Waals surface area contributed by atoms with Gasteiger partial charge in [-0.3, -0.25) is 4.79 Å². The zero-order chi connectivity index (χ0) is 11.5. The molecular weight excluding hydrogens is 202 g/mol. The van der Waals surface area contributed by atoms with E-state index in [1.807, 2.05) is 12.1 Å². The van der Waals surface area contributed by atoms with E-state index in [9.17, 15) is 4.79 Å². The van der Waals surface area contributed by atoms with Crippen LogP contribution in [-0.4, -0.2) is 13.0 Å². The molecule has 0 heterocycles. The standard InChI is InChI=1S/C13H17NO2/c1-9(15)14-13-5-3-4-10-6-7-11(16-2)8-12(10)13/h6-8,13H,3-5H2,1-2H3,(H,14,15)/t13-/m0/s1. The summed E-state index contributed by atoms with van der Waals surface area (Å²) < 4.78 is 5.22. The first kappa shape index (κ1) is 11.0. The van der Waals surface area contributed by atoms with E-state index in [4.69, 9.17) is 4.74 Å². The van der Waals surface area contributed by atoms with Gasteiger partial charge in [-0.15, -0.1) is 0 Å². The largest absolute Gasteiger partial charge is 0.497 e. The lowest BCUT2D eigenvalue weighted by atomic mass is 9.87. The van der Waals surface area contributed by atoms with Crippen LogP contribution in [0.15, 0.2) is 18.2 Å². The molecule has 86 valence electrons. The topological polar surface area (TPSA) is 38.3 Å². The number of aryl methyl sites for hydroxylation is 1. The van der Waals surface area contributed by atoms with Crippen molar-refractivity contribution in [2.24, 2.45) is 0 Å². The van der Waals surface area contributed by atoms with Gasteiger partial charge in [0, 0.05) is 6.92 Å². The third-order valence-electron chi connectivity index (χ3n) is 3.04. The molecule has 0 fully saturated rings. The summed E-state index contributed by atoms with van der Waals surface area (Å²) in [5.74, 6) is 0.886. The van der Waals surface area contributed by atoms with Crippen molar-refractivity contribution in [3.63, 3.8) is 0 Å². The summed E-state index contributed by atoms with van der Waals surface area (Å²) >= 11 is 0. The zero-order valence-electron chi connectivity index (χ0n) is 9.75. The summed E-state index contributed by atoms with van der Waals surface area (Å²) in [5, 5.41) is 2.99. The molecule has 0 aliphatic heterocycles. The minimum absolute atomic E-state index is 0.0284. The number of amides is 1. The molecule has 0 saturated carbocycles. The SMILES string of the molecule is COc1ccc2c(c1)[C@@H](NC(C)=O)CCC2. The molecule has 3 nitrogen and oxygen atoms in total. The summed E-state index contributed by atoms with van der Waals surface area (Å²) in [6, 6.07) is 6.27. The fourth-order valence-corrected chi connectivity index (χ4v) is 2.30. The van der Waals surface area contributed by atoms with Crippen LogP contribution >= 0.6 is 0 Å². The third kappa shape index (κ3) is 2.18. The first-order chi connectivity index (χ1) is 7.70. The second-order valence-electron chi connectivity index (χ2n) is 4.21. The van der Waals surface area contributed by atoms with Gasteiger partial charge in [0.25, 0.3) is 0 Å². The van der Waals surface area contributed by atoms with E-state index in [-0.39, 0.29) is 11.9 Å². The molecule has 0 unspecified atom stereocenters.